The van der Waals surface area contributed by atoms with E-state index in [0.29, 0.717) is 5.56 Å². The molecule has 4 heteroatoms. The third-order valence-electron chi connectivity index (χ3n) is 5.01. The number of fused-ring (bicyclic) bond motifs is 2. The van der Waals surface area contributed by atoms with Crippen molar-refractivity contribution in [3.05, 3.63) is 70.9 Å². The van der Waals surface area contributed by atoms with Gasteiger partial charge in [0.15, 0.2) is 0 Å². The standard InChI is InChI=1S/C22H22N2O2/c1-15-12-18(19-7-3-4-8-20(19)23-15)14-24-11-5-6-16-13-17(22(25)26-2)9-10-21(16)24/h3-4,7-10,12-13H,5-6,11,14H2,1-2H3. The van der Waals surface area contributed by atoms with Gasteiger partial charge in [0.25, 0.3) is 0 Å². The number of carbonyl (C=O) groups is 1. The minimum absolute atomic E-state index is 0.277. The van der Waals surface area contributed by atoms with E-state index in [9.17, 15) is 4.79 Å². The van der Waals surface area contributed by atoms with Gasteiger partial charge in [0, 0.05) is 29.9 Å². The Bertz CT molecular complexity index is 981. The summed E-state index contributed by atoms with van der Waals surface area (Å²) in [5.41, 5.74) is 6.42. The minimum Gasteiger partial charge on any atom is -0.465 e. The Hall–Kier alpha value is -2.88. The molecule has 4 nitrogen and oxygen atoms in total. The summed E-state index contributed by atoms with van der Waals surface area (Å²) in [6, 6.07) is 16.4. The van der Waals surface area contributed by atoms with E-state index in [1.165, 1.54) is 29.3 Å². The first-order chi connectivity index (χ1) is 12.7. The molecule has 1 aromatic heterocycles. The van der Waals surface area contributed by atoms with Gasteiger partial charge < -0.3 is 9.64 Å². The van der Waals surface area contributed by atoms with E-state index in [1.807, 2.05) is 25.1 Å². The summed E-state index contributed by atoms with van der Waals surface area (Å²) in [5.74, 6) is -0.277. The number of para-hydroxylation sites is 1. The summed E-state index contributed by atoms with van der Waals surface area (Å²) in [6.07, 6.45) is 2.08. The quantitative estimate of drug-likeness (QED) is 0.664. The fourth-order valence-electron chi connectivity index (χ4n) is 3.82. The van der Waals surface area contributed by atoms with Crippen LogP contribution in [0, 0.1) is 6.92 Å². The number of benzene rings is 2. The summed E-state index contributed by atoms with van der Waals surface area (Å²) < 4.78 is 4.85. The fourth-order valence-corrected chi connectivity index (χ4v) is 3.82. The molecule has 0 bridgehead atoms. The molecule has 0 saturated carbocycles. The lowest BCUT2D eigenvalue weighted by Gasteiger charge is -2.32. The lowest BCUT2D eigenvalue weighted by Crippen LogP contribution is -2.29. The van der Waals surface area contributed by atoms with Crippen molar-refractivity contribution in [3.63, 3.8) is 0 Å². The van der Waals surface area contributed by atoms with Gasteiger partial charge in [-0.05, 0) is 61.2 Å². The smallest absolute Gasteiger partial charge is 0.337 e. The topological polar surface area (TPSA) is 42.4 Å². The molecule has 0 radical (unpaired) electrons. The van der Waals surface area contributed by atoms with Gasteiger partial charge >= 0.3 is 5.97 Å². The van der Waals surface area contributed by atoms with Crippen LogP contribution in [0.1, 0.15) is 33.6 Å². The molecule has 0 atom stereocenters. The van der Waals surface area contributed by atoms with E-state index in [-0.39, 0.29) is 5.97 Å². The molecule has 3 aromatic rings. The van der Waals surface area contributed by atoms with Crippen LogP contribution in [0.4, 0.5) is 5.69 Å². The van der Waals surface area contributed by atoms with Crippen molar-refractivity contribution < 1.29 is 9.53 Å². The largest absolute Gasteiger partial charge is 0.465 e. The summed E-state index contributed by atoms with van der Waals surface area (Å²) in [7, 11) is 1.42. The fraction of sp³-hybridized carbons (Fsp3) is 0.273. The average Bonchev–Trinajstić information content (AvgIpc) is 2.67. The van der Waals surface area contributed by atoms with Gasteiger partial charge in [0.2, 0.25) is 0 Å². The molecular weight excluding hydrogens is 324 g/mol. The number of hydrogen-bond acceptors (Lipinski definition) is 4. The summed E-state index contributed by atoms with van der Waals surface area (Å²) in [4.78, 5) is 18.9. The van der Waals surface area contributed by atoms with Gasteiger partial charge in [-0.3, -0.25) is 4.98 Å². The van der Waals surface area contributed by atoms with Crippen LogP contribution in [0.15, 0.2) is 48.5 Å². The van der Waals surface area contributed by atoms with Crippen LogP contribution >= 0.6 is 0 Å². The number of nitrogens with zero attached hydrogens (tertiary/aromatic N) is 2. The Morgan fingerprint density at radius 3 is 2.88 bits per heavy atom. The van der Waals surface area contributed by atoms with Crippen molar-refractivity contribution in [1.29, 1.82) is 0 Å². The second-order valence-corrected chi connectivity index (χ2v) is 6.80. The number of esters is 1. The van der Waals surface area contributed by atoms with E-state index >= 15 is 0 Å². The molecule has 0 amide bonds. The second-order valence-electron chi connectivity index (χ2n) is 6.80. The number of anilines is 1. The molecule has 132 valence electrons. The summed E-state index contributed by atoms with van der Waals surface area (Å²) in [5, 5.41) is 1.21. The van der Waals surface area contributed by atoms with Crippen LogP contribution in [0.2, 0.25) is 0 Å². The van der Waals surface area contributed by atoms with Crippen molar-refractivity contribution >= 4 is 22.6 Å². The van der Waals surface area contributed by atoms with Crippen LogP contribution in [0.25, 0.3) is 10.9 Å². The third-order valence-corrected chi connectivity index (χ3v) is 5.01. The maximum atomic E-state index is 11.8. The van der Waals surface area contributed by atoms with Crippen LogP contribution < -0.4 is 4.90 Å². The van der Waals surface area contributed by atoms with E-state index in [2.05, 4.69) is 40.2 Å². The average molecular weight is 346 g/mol. The van der Waals surface area contributed by atoms with Gasteiger partial charge in [-0.15, -0.1) is 0 Å². The number of carbonyl (C=O) groups excluding carboxylic acids is 1. The zero-order valence-electron chi connectivity index (χ0n) is 15.2. The maximum Gasteiger partial charge on any atom is 0.337 e. The predicted molar refractivity (Wildman–Crippen MR) is 104 cm³/mol. The molecule has 0 spiro atoms. The zero-order valence-corrected chi connectivity index (χ0v) is 15.2. The van der Waals surface area contributed by atoms with E-state index in [0.717, 1.165) is 37.1 Å². The van der Waals surface area contributed by atoms with Gasteiger partial charge in [-0.2, -0.15) is 0 Å². The number of rotatable bonds is 3. The second kappa shape index (κ2) is 6.79. The van der Waals surface area contributed by atoms with Gasteiger partial charge in [0.1, 0.15) is 0 Å². The van der Waals surface area contributed by atoms with Crippen molar-refractivity contribution in [2.75, 3.05) is 18.6 Å². The first kappa shape index (κ1) is 16.6. The molecule has 0 aliphatic carbocycles. The lowest BCUT2D eigenvalue weighted by atomic mass is 9.98. The predicted octanol–water partition coefficient (Wildman–Crippen LogP) is 4.28. The SMILES string of the molecule is COC(=O)c1ccc2c(c1)CCCN2Cc1cc(C)nc2ccccc12. The number of aromatic nitrogens is 1. The van der Waals surface area contributed by atoms with Gasteiger partial charge in [-0.25, -0.2) is 4.79 Å². The normalized spacial score (nSPS) is 13.5. The van der Waals surface area contributed by atoms with Crippen molar-refractivity contribution in [2.24, 2.45) is 0 Å². The van der Waals surface area contributed by atoms with E-state index in [1.54, 1.807) is 0 Å². The highest BCUT2D eigenvalue weighted by atomic mass is 16.5. The molecule has 2 heterocycles. The molecule has 0 saturated heterocycles. The van der Waals surface area contributed by atoms with Crippen LogP contribution in [-0.4, -0.2) is 24.6 Å². The molecule has 2 aromatic carbocycles. The van der Waals surface area contributed by atoms with Gasteiger partial charge in [-0.1, -0.05) is 18.2 Å². The number of hydrogen-bond donors (Lipinski definition) is 0. The molecule has 1 aliphatic heterocycles. The Balaban J connectivity index is 1.70. The third kappa shape index (κ3) is 3.03. The Labute approximate surface area is 153 Å². The zero-order chi connectivity index (χ0) is 18.1. The monoisotopic (exact) mass is 346 g/mol. The van der Waals surface area contributed by atoms with Crippen molar-refractivity contribution in [2.45, 2.75) is 26.3 Å². The highest BCUT2D eigenvalue weighted by Gasteiger charge is 2.20. The molecule has 1 aliphatic rings. The van der Waals surface area contributed by atoms with Crippen molar-refractivity contribution in [3.8, 4) is 0 Å². The van der Waals surface area contributed by atoms with Crippen LogP contribution in [-0.2, 0) is 17.7 Å². The molecule has 0 fully saturated rings. The van der Waals surface area contributed by atoms with E-state index < -0.39 is 0 Å². The highest BCUT2D eigenvalue weighted by Crippen LogP contribution is 2.31. The number of aryl methyl sites for hydroxylation is 2. The van der Waals surface area contributed by atoms with Gasteiger partial charge in [0.05, 0.1) is 18.2 Å². The first-order valence-corrected chi connectivity index (χ1v) is 8.97. The van der Waals surface area contributed by atoms with Crippen LogP contribution in [0.5, 0.6) is 0 Å². The molecular formula is C22H22N2O2. The van der Waals surface area contributed by atoms with E-state index in [4.69, 9.17) is 4.74 Å². The van der Waals surface area contributed by atoms with Crippen molar-refractivity contribution in [1.82, 2.24) is 4.98 Å². The summed E-state index contributed by atoms with van der Waals surface area (Å²) in [6.45, 7) is 3.90. The molecule has 0 N–H and O–H groups in total. The van der Waals surface area contributed by atoms with Crippen LogP contribution in [0.3, 0.4) is 0 Å². The molecule has 0 unspecified atom stereocenters. The molecule has 26 heavy (non-hydrogen) atoms. The first-order valence-electron chi connectivity index (χ1n) is 8.97. The minimum atomic E-state index is -0.277. The highest BCUT2D eigenvalue weighted by molar-refractivity contribution is 5.90. The number of ether oxygens (including phenoxy) is 1. The number of pyridine rings is 1. The number of methoxy groups -OCH3 is 1. The lowest BCUT2D eigenvalue weighted by molar-refractivity contribution is 0.0600. The Kier molecular flexibility index (Phi) is 4.33. The maximum absolute atomic E-state index is 11.8. The summed E-state index contributed by atoms with van der Waals surface area (Å²) >= 11 is 0. The Morgan fingerprint density at radius 1 is 1.19 bits per heavy atom. The Morgan fingerprint density at radius 2 is 2.04 bits per heavy atom. The molecule has 4 rings (SSSR count).